The monoisotopic (exact) mass is 202 g/mol. The highest BCUT2D eigenvalue weighted by atomic mass is 16.3. The Morgan fingerprint density at radius 1 is 1.57 bits per heavy atom. The summed E-state index contributed by atoms with van der Waals surface area (Å²) in [6, 6.07) is -0.235. The van der Waals surface area contributed by atoms with Gasteiger partial charge in [0.2, 0.25) is 0 Å². The van der Waals surface area contributed by atoms with Crippen molar-refractivity contribution in [3.8, 4) is 0 Å². The van der Waals surface area contributed by atoms with Gasteiger partial charge in [-0.25, -0.2) is 0 Å². The van der Waals surface area contributed by atoms with Gasteiger partial charge in [0.1, 0.15) is 6.23 Å². The molecule has 0 heterocycles. The molecule has 4 heteroatoms. The van der Waals surface area contributed by atoms with Crippen LogP contribution in [0.4, 0.5) is 0 Å². The van der Waals surface area contributed by atoms with Gasteiger partial charge >= 0.3 is 0 Å². The predicted octanol–water partition coefficient (Wildman–Crippen LogP) is 0.308. The van der Waals surface area contributed by atoms with Crippen LogP contribution in [0.5, 0.6) is 0 Å². The lowest BCUT2D eigenvalue weighted by Crippen LogP contribution is -2.45. The Morgan fingerprint density at radius 3 is 2.64 bits per heavy atom. The topological polar surface area (TPSA) is 78.5 Å². The Morgan fingerprint density at radius 2 is 2.21 bits per heavy atom. The molecule has 0 spiro atoms. The van der Waals surface area contributed by atoms with Gasteiger partial charge in [-0.3, -0.25) is 5.32 Å². The first kappa shape index (κ1) is 13.6. The standard InChI is InChI=1S/C10H22N2O2/c1-3-8(2)5-4-6-9(10(11)14)12-7-13/h5,9-10,12-14H,3-4,6-7,11H2,1-2H3. The van der Waals surface area contributed by atoms with Gasteiger partial charge in [-0.2, -0.15) is 0 Å². The molecule has 2 unspecified atom stereocenters. The van der Waals surface area contributed by atoms with Crippen molar-refractivity contribution < 1.29 is 10.2 Å². The maximum Gasteiger partial charge on any atom is 0.117 e. The maximum absolute atomic E-state index is 9.15. The first-order valence-electron chi connectivity index (χ1n) is 5.05. The summed E-state index contributed by atoms with van der Waals surface area (Å²) in [6.45, 7) is 4.02. The molecule has 0 aromatic heterocycles. The van der Waals surface area contributed by atoms with E-state index in [-0.39, 0.29) is 12.8 Å². The smallest absolute Gasteiger partial charge is 0.117 e. The van der Waals surface area contributed by atoms with Crippen molar-refractivity contribution in [1.82, 2.24) is 5.32 Å². The van der Waals surface area contributed by atoms with Gasteiger partial charge in [0.15, 0.2) is 0 Å². The summed E-state index contributed by atoms with van der Waals surface area (Å²) in [5.74, 6) is 0. The van der Waals surface area contributed by atoms with Crippen molar-refractivity contribution in [2.45, 2.75) is 45.4 Å². The normalized spacial score (nSPS) is 16.8. The third-order valence-electron chi connectivity index (χ3n) is 2.29. The number of rotatable bonds is 7. The van der Waals surface area contributed by atoms with Crippen molar-refractivity contribution >= 4 is 0 Å². The van der Waals surface area contributed by atoms with E-state index in [1.807, 2.05) is 0 Å². The van der Waals surface area contributed by atoms with Gasteiger partial charge in [-0.1, -0.05) is 18.6 Å². The minimum absolute atomic E-state index is 0.157. The van der Waals surface area contributed by atoms with E-state index in [0.29, 0.717) is 0 Å². The quantitative estimate of drug-likeness (QED) is 0.354. The van der Waals surface area contributed by atoms with Crippen molar-refractivity contribution in [2.24, 2.45) is 5.73 Å². The molecule has 0 fully saturated rings. The van der Waals surface area contributed by atoms with Crippen LogP contribution in [0.25, 0.3) is 0 Å². The number of hydrogen-bond donors (Lipinski definition) is 4. The zero-order chi connectivity index (χ0) is 11.0. The molecule has 0 saturated carbocycles. The Bertz CT molecular complexity index is 170. The average Bonchev–Trinajstić information content (AvgIpc) is 2.16. The summed E-state index contributed by atoms with van der Waals surface area (Å²) in [7, 11) is 0. The average molecular weight is 202 g/mol. The fourth-order valence-electron chi connectivity index (χ4n) is 1.16. The maximum atomic E-state index is 9.15. The molecule has 0 aromatic rings. The van der Waals surface area contributed by atoms with Crippen LogP contribution in [0.3, 0.4) is 0 Å². The van der Waals surface area contributed by atoms with Crippen LogP contribution in [0, 0.1) is 0 Å². The number of hydrogen-bond acceptors (Lipinski definition) is 4. The fraction of sp³-hybridized carbons (Fsp3) is 0.800. The van der Waals surface area contributed by atoms with Crippen molar-refractivity contribution in [2.75, 3.05) is 6.73 Å². The first-order chi connectivity index (χ1) is 6.61. The second-order valence-electron chi connectivity index (χ2n) is 3.44. The van der Waals surface area contributed by atoms with E-state index in [1.54, 1.807) is 0 Å². The molecule has 0 aromatic carbocycles. The zero-order valence-corrected chi connectivity index (χ0v) is 9.03. The molecule has 84 valence electrons. The first-order valence-corrected chi connectivity index (χ1v) is 5.05. The summed E-state index contributed by atoms with van der Waals surface area (Å²) in [5, 5.41) is 20.5. The molecule has 0 aliphatic carbocycles. The molecule has 0 bridgehead atoms. The second kappa shape index (κ2) is 7.94. The van der Waals surface area contributed by atoms with Crippen molar-refractivity contribution in [1.29, 1.82) is 0 Å². The highest BCUT2D eigenvalue weighted by molar-refractivity contribution is 4.97. The molecular formula is C10H22N2O2. The van der Waals surface area contributed by atoms with E-state index in [4.69, 9.17) is 15.9 Å². The number of nitrogens with one attached hydrogen (secondary N) is 1. The van der Waals surface area contributed by atoms with Crippen LogP contribution in [-0.2, 0) is 0 Å². The van der Waals surface area contributed by atoms with E-state index in [1.165, 1.54) is 5.57 Å². The lowest BCUT2D eigenvalue weighted by Gasteiger charge is -2.19. The summed E-state index contributed by atoms with van der Waals surface area (Å²) >= 11 is 0. The summed E-state index contributed by atoms with van der Waals surface area (Å²) in [5.41, 5.74) is 6.67. The molecule has 5 N–H and O–H groups in total. The second-order valence-corrected chi connectivity index (χ2v) is 3.44. The van der Waals surface area contributed by atoms with Crippen LogP contribution >= 0.6 is 0 Å². The molecule has 4 nitrogen and oxygen atoms in total. The Balaban J connectivity index is 3.82. The lowest BCUT2D eigenvalue weighted by molar-refractivity contribution is 0.108. The van der Waals surface area contributed by atoms with Crippen LogP contribution in [0.15, 0.2) is 11.6 Å². The molecule has 0 aliphatic heterocycles. The Labute approximate surface area is 85.8 Å². The molecule has 2 atom stereocenters. The molecule has 14 heavy (non-hydrogen) atoms. The Hall–Kier alpha value is -0.420. The summed E-state index contributed by atoms with van der Waals surface area (Å²) < 4.78 is 0. The highest BCUT2D eigenvalue weighted by Gasteiger charge is 2.12. The largest absolute Gasteiger partial charge is 0.381 e. The van der Waals surface area contributed by atoms with E-state index >= 15 is 0 Å². The van der Waals surface area contributed by atoms with Gasteiger partial charge in [-0.15, -0.1) is 0 Å². The molecule has 0 aliphatic rings. The number of aliphatic hydroxyl groups is 2. The molecule has 0 saturated heterocycles. The van der Waals surface area contributed by atoms with Crippen LogP contribution in [0.1, 0.15) is 33.1 Å². The van der Waals surface area contributed by atoms with E-state index in [9.17, 15) is 0 Å². The van der Waals surface area contributed by atoms with Gasteiger partial charge < -0.3 is 15.9 Å². The van der Waals surface area contributed by atoms with Gasteiger partial charge in [0, 0.05) is 6.04 Å². The molecule has 0 amide bonds. The third kappa shape index (κ3) is 6.10. The van der Waals surface area contributed by atoms with E-state index < -0.39 is 6.23 Å². The van der Waals surface area contributed by atoms with Crippen LogP contribution in [0.2, 0.25) is 0 Å². The summed E-state index contributed by atoms with van der Waals surface area (Å²) in [6.07, 6.45) is 3.86. The lowest BCUT2D eigenvalue weighted by atomic mass is 10.1. The summed E-state index contributed by atoms with van der Waals surface area (Å²) in [4.78, 5) is 0. The van der Waals surface area contributed by atoms with Crippen LogP contribution < -0.4 is 11.1 Å². The number of nitrogens with two attached hydrogens (primary N) is 1. The fourth-order valence-corrected chi connectivity index (χ4v) is 1.16. The van der Waals surface area contributed by atoms with Gasteiger partial charge in [-0.05, 0) is 26.2 Å². The highest BCUT2D eigenvalue weighted by Crippen LogP contribution is 2.05. The molecule has 0 radical (unpaired) electrons. The minimum atomic E-state index is -0.919. The van der Waals surface area contributed by atoms with Crippen molar-refractivity contribution in [3.05, 3.63) is 11.6 Å². The predicted molar refractivity (Wildman–Crippen MR) is 57.5 cm³/mol. The third-order valence-corrected chi connectivity index (χ3v) is 2.29. The molecular weight excluding hydrogens is 180 g/mol. The Kier molecular flexibility index (Phi) is 7.70. The van der Waals surface area contributed by atoms with Gasteiger partial charge in [0.05, 0.1) is 6.73 Å². The SMILES string of the molecule is CCC(C)=CCCC(NCO)C(N)O. The van der Waals surface area contributed by atoms with Crippen LogP contribution in [-0.4, -0.2) is 29.2 Å². The van der Waals surface area contributed by atoms with Crippen molar-refractivity contribution in [3.63, 3.8) is 0 Å². The minimum Gasteiger partial charge on any atom is -0.381 e. The zero-order valence-electron chi connectivity index (χ0n) is 9.03. The molecule has 0 rings (SSSR count). The van der Waals surface area contributed by atoms with E-state index in [0.717, 1.165) is 19.3 Å². The number of aliphatic hydroxyl groups excluding tert-OH is 2. The number of allylic oxidation sites excluding steroid dienone is 2. The van der Waals surface area contributed by atoms with E-state index in [2.05, 4.69) is 25.2 Å². The van der Waals surface area contributed by atoms with Gasteiger partial charge in [0.25, 0.3) is 0 Å².